The molecule has 0 bridgehead atoms. The van der Waals surface area contributed by atoms with Crippen LogP contribution in [0.1, 0.15) is 5.56 Å². The fraction of sp³-hybridized carbons (Fsp3) is 0.143. The van der Waals surface area contributed by atoms with Crippen molar-refractivity contribution in [3.05, 3.63) is 11.0 Å². The lowest BCUT2D eigenvalue weighted by Gasteiger charge is -2.16. The Balaban J connectivity index is 2.61. The van der Waals surface area contributed by atoms with Crippen LogP contribution >= 0.6 is 0 Å². The van der Waals surface area contributed by atoms with E-state index in [0.29, 0.717) is 5.82 Å². The number of hydrogen-bond donors (Lipinski definition) is 3. The lowest BCUT2D eigenvalue weighted by atomic mass is 9.91. The second kappa shape index (κ2) is 2.65. The minimum atomic E-state index is 0.205. The molecule has 0 aromatic carbocycles. The molecule has 0 amide bonds. The van der Waals surface area contributed by atoms with Gasteiger partial charge in [-0.1, -0.05) is 11.5 Å². The summed E-state index contributed by atoms with van der Waals surface area (Å²) in [6.07, 6.45) is 1.97. The first kappa shape index (κ1) is 7.91. The highest BCUT2D eigenvalue weighted by atomic mass is 15.1. The molecule has 66 valence electrons. The first-order chi connectivity index (χ1) is 6.16. The lowest BCUT2D eigenvalue weighted by molar-refractivity contribution is 1.13. The summed E-state index contributed by atoms with van der Waals surface area (Å²) in [5, 5.41) is 3.11. The molecule has 0 saturated carbocycles. The molecule has 0 saturated heterocycles. The Kier molecular flexibility index (Phi) is 1.61. The van der Waals surface area contributed by atoms with Gasteiger partial charge in [-0.15, -0.1) is 0 Å². The zero-order valence-corrected chi connectivity index (χ0v) is 7.33. The van der Waals surface area contributed by atoms with Crippen molar-refractivity contribution in [2.45, 2.75) is 0 Å². The zero-order valence-electron chi connectivity index (χ0n) is 7.33. The van der Waals surface area contributed by atoms with Crippen molar-refractivity contribution in [2.75, 3.05) is 23.3 Å². The molecule has 0 spiro atoms. The first-order valence-electron chi connectivity index (χ1n) is 4.01. The van der Waals surface area contributed by atoms with E-state index in [1.165, 1.54) is 5.47 Å². The predicted molar refractivity (Wildman–Crippen MR) is 55.9 cm³/mol. The summed E-state index contributed by atoms with van der Waals surface area (Å²) in [4.78, 5) is 7.92. The number of fused-ring (bicyclic) bond motifs is 1. The van der Waals surface area contributed by atoms with E-state index in [9.17, 15) is 0 Å². The molecule has 0 unspecified atom stereocenters. The second-order valence-electron chi connectivity index (χ2n) is 3.07. The fourth-order valence-corrected chi connectivity index (χ4v) is 1.30. The Hall–Kier alpha value is -1.72. The van der Waals surface area contributed by atoms with E-state index in [-0.39, 0.29) is 5.95 Å². The first-order valence-corrected chi connectivity index (χ1v) is 4.01. The van der Waals surface area contributed by atoms with Crippen molar-refractivity contribution in [1.29, 1.82) is 0 Å². The minimum absolute atomic E-state index is 0.205. The van der Waals surface area contributed by atoms with Gasteiger partial charge in [0.25, 0.3) is 0 Å². The van der Waals surface area contributed by atoms with Gasteiger partial charge >= 0.3 is 0 Å². The van der Waals surface area contributed by atoms with Gasteiger partial charge in [0.05, 0.1) is 5.56 Å². The van der Waals surface area contributed by atoms with Crippen LogP contribution in [0.3, 0.4) is 0 Å². The van der Waals surface area contributed by atoms with Gasteiger partial charge in [0.15, 0.2) is 0 Å². The Morgan fingerprint density at radius 2 is 2.15 bits per heavy atom. The van der Waals surface area contributed by atoms with E-state index >= 15 is 0 Å². The largest absolute Gasteiger partial charge is 0.383 e. The molecule has 5 N–H and O–H groups in total. The molecule has 0 atom stereocenters. The molecule has 2 heterocycles. The van der Waals surface area contributed by atoms with Crippen LogP contribution in [-0.2, 0) is 0 Å². The highest BCUT2D eigenvalue weighted by Crippen LogP contribution is 2.25. The van der Waals surface area contributed by atoms with Crippen LogP contribution in [0.2, 0.25) is 0 Å². The van der Waals surface area contributed by atoms with E-state index in [1.54, 1.807) is 0 Å². The average molecular weight is 175 g/mol. The van der Waals surface area contributed by atoms with E-state index in [1.807, 2.05) is 13.9 Å². The summed E-state index contributed by atoms with van der Waals surface area (Å²) >= 11 is 0. The topological polar surface area (TPSA) is 89.8 Å². The zero-order chi connectivity index (χ0) is 9.42. The van der Waals surface area contributed by atoms with E-state index in [4.69, 9.17) is 11.5 Å². The van der Waals surface area contributed by atoms with E-state index in [2.05, 4.69) is 15.3 Å². The van der Waals surface area contributed by atoms with Crippen LogP contribution in [0.5, 0.6) is 0 Å². The minimum Gasteiger partial charge on any atom is -0.383 e. The maximum atomic E-state index is 5.69. The smallest absolute Gasteiger partial charge is 0.223 e. The summed E-state index contributed by atoms with van der Waals surface area (Å²) in [5.74, 6) is 1.35. The highest BCUT2D eigenvalue weighted by molar-refractivity contribution is 6.25. The average Bonchev–Trinajstić information content (AvgIpc) is 2.06. The third-order valence-electron chi connectivity index (χ3n) is 1.92. The second-order valence-corrected chi connectivity index (χ2v) is 3.07. The summed E-state index contributed by atoms with van der Waals surface area (Å²) in [5.41, 5.74) is 13.2. The number of nitrogens with zero attached hydrogens (tertiary/aromatic N) is 2. The molecule has 0 radical (unpaired) electrons. The normalized spacial score (nSPS) is 14.3. The van der Waals surface area contributed by atoms with E-state index < -0.39 is 0 Å². The number of nitrogens with one attached hydrogen (secondary N) is 1. The summed E-state index contributed by atoms with van der Waals surface area (Å²) in [7, 11) is 2.02. The monoisotopic (exact) mass is 175 g/mol. The highest BCUT2D eigenvalue weighted by Gasteiger charge is 2.12. The standard InChI is InChI=1S/C7H10BN5/c8-3-1-4-5(9)12-7(10)13-6(4)11-2-3/h1H,2,8H2,(H5,9,10,11,12,13). The number of nitrogen functional groups attached to an aromatic ring is 2. The van der Waals surface area contributed by atoms with Crippen LogP contribution in [0.4, 0.5) is 17.6 Å². The van der Waals surface area contributed by atoms with Gasteiger partial charge in [-0.2, -0.15) is 9.97 Å². The van der Waals surface area contributed by atoms with E-state index in [0.717, 1.165) is 17.9 Å². The molecule has 5 nitrogen and oxygen atoms in total. The molecule has 1 aromatic rings. The third-order valence-corrected chi connectivity index (χ3v) is 1.92. The Morgan fingerprint density at radius 3 is 2.92 bits per heavy atom. The molecule has 1 aromatic heterocycles. The Labute approximate surface area is 76.7 Å². The van der Waals surface area contributed by atoms with Gasteiger partial charge in [0, 0.05) is 6.54 Å². The number of anilines is 3. The maximum Gasteiger partial charge on any atom is 0.223 e. The van der Waals surface area contributed by atoms with Crippen molar-refractivity contribution in [3.63, 3.8) is 0 Å². The van der Waals surface area contributed by atoms with Crippen molar-refractivity contribution >= 4 is 31.5 Å². The quantitative estimate of drug-likeness (QED) is 0.442. The number of hydrogen-bond acceptors (Lipinski definition) is 5. The molecule has 0 fully saturated rings. The number of nitrogens with two attached hydrogens (primary N) is 2. The van der Waals surface area contributed by atoms with Crippen molar-refractivity contribution in [3.8, 4) is 0 Å². The molecule has 1 aliphatic heterocycles. The Morgan fingerprint density at radius 1 is 1.38 bits per heavy atom. The maximum absolute atomic E-state index is 5.69. The van der Waals surface area contributed by atoms with Crippen LogP contribution in [0.25, 0.3) is 6.08 Å². The molecular weight excluding hydrogens is 165 g/mol. The van der Waals surface area contributed by atoms with Gasteiger partial charge < -0.3 is 16.8 Å². The molecule has 1 aliphatic rings. The van der Waals surface area contributed by atoms with Gasteiger partial charge in [-0.25, -0.2) is 0 Å². The summed E-state index contributed by atoms with van der Waals surface area (Å²) in [6.45, 7) is 0.781. The van der Waals surface area contributed by atoms with Crippen LogP contribution in [0.15, 0.2) is 5.47 Å². The number of aromatic nitrogens is 2. The van der Waals surface area contributed by atoms with Gasteiger partial charge in [0.1, 0.15) is 19.5 Å². The molecule has 2 rings (SSSR count). The van der Waals surface area contributed by atoms with Gasteiger partial charge in [-0.3, -0.25) is 0 Å². The summed E-state index contributed by atoms with van der Waals surface area (Å²) < 4.78 is 0. The Bertz CT molecular complexity index is 387. The van der Waals surface area contributed by atoms with Gasteiger partial charge in [0.2, 0.25) is 5.95 Å². The molecule has 0 aliphatic carbocycles. The lowest BCUT2D eigenvalue weighted by Crippen LogP contribution is -2.15. The van der Waals surface area contributed by atoms with Crippen LogP contribution in [0, 0.1) is 0 Å². The van der Waals surface area contributed by atoms with Crippen molar-refractivity contribution in [1.82, 2.24) is 9.97 Å². The van der Waals surface area contributed by atoms with Crippen molar-refractivity contribution < 1.29 is 0 Å². The van der Waals surface area contributed by atoms with Crippen LogP contribution < -0.4 is 16.8 Å². The molecule has 13 heavy (non-hydrogen) atoms. The SMILES string of the molecule is BC1=Cc2c(N)nc(N)nc2NC1. The third kappa shape index (κ3) is 1.30. The number of rotatable bonds is 0. The predicted octanol–water partition coefficient (Wildman–Crippen LogP) is -0.960. The molecular formula is C7H10BN5. The fourth-order valence-electron chi connectivity index (χ4n) is 1.30. The van der Waals surface area contributed by atoms with Gasteiger partial charge in [-0.05, 0) is 0 Å². The summed E-state index contributed by atoms with van der Waals surface area (Å²) in [6, 6.07) is 0. The van der Waals surface area contributed by atoms with Crippen LogP contribution in [-0.4, -0.2) is 24.4 Å². The molecule has 6 heteroatoms. The van der Waals surface area contributed by atoms with Crippen molar-refractivity contribution in [2.24, 2.45) is 0 Å².